The average molecular weight is 489 g/mol. The summed E-state index contributed by atoms with van der Waals surface area (Å²) in [5, 5.41) is 14.1. The number of hydrazone groups is 1. The van der Waals surface area contributed by atoms with E-state index in [2.05, 4.69) is 58.1 Å². The number of nitrogens with zero attached hydrogens (tertiary/aromatic N) is 5. The van der Waals surface area contributed by atoms with Crippen molar-refractivity contribution in [3.63, 3.8) is 0 Å². The molecular formula is C30H28N6O. The SMILES string of the molecule is Cc1ccc(-n2cc(COc3ccc(/C=N/Nc4c5c(nc6ccccc46)CCCC5)cc3)nn2)cc1. The van der Waals surface area contributed by atoms with Crippen LogP contribution in [0.4, 0.5) is 5.69 Å². The molecule has 6 rings (SSSR count). The zero-order chi connectivity index (χ0) is 25.0. The molecular weight excluding hydrogens is 460 g/mol. The second-order valence-corrected chi connectivity index (χ2v) is 9.35. The van der Waals surface area contributed by atoms with E-state index in [1.54, 1.807) is 4.68 Å². The molecule has 0 amide bonds. The number of pyridine rings is 1. The van der Waals surface area contributed by atoms with Crippen molar-refractivity contribution in [2.24, 2.45) is 5.10 Å². The maximum Gasteiger partial charge on any atom is 0.134 e. The number of hydrogen-bond donors (Lipinski definition) is 1. The molecule has 5 aromatic rings. The number of aromatic nitrogens is 4. The first-order chi connectivity index (χ1) is 18.2. The number of para-hydroxylation sites is 1. The summed E-state index contributed by atoms with van der Waals surface area (Å²) < 4.78 is 7.67. The number of nitrogens with one attached hydrogen (secondary N) is 1. The molecule has 7 nitrogen and oxygen atoms in total. The van der Waals surface area contributed by atoms with Gasteiger partial charge >= 0.3 is 0 Å². The Morgan fingerprint density at radius 3 is 2.65 bits per heavy atom. The van der Waals surface area contributed by atoms with Crippen LogP contribution in [-0.4, -0.2) is 26.2 Å². The molecule has 1 aliphatic carbocycles. The minimum absolute atomic E-state index is 0.348. The van der Waals surface area contributed by atoms with Crippen LogP contribution in [0.15, 0.2) is 84.1 Å². The predicted octanol–water partition coefficient (Wildman–Crippen LogP) is 6.03. The average Bonchev–Trinajstić information content (AvgIpc) is 3.42. The molecule has 0 spiro atoms. The van der Waals surface area contributed by atoms with Crippen LogP contribution in [0.2, 0.25) is 0 Å². The van der Waals surface area contributed by atoms with Crippen LogP contribution in [0.5, 0.6) is 5.75 Å². The van der Waals surface area contributed by atoms with Gasteiger partial charge in [0.2, 0.25) is 0 Å². The first-order valence-electron chi connectivity index (χ1n) is 12.6. The fourth-order valence-corrected chi connectivity index (χ4v) is 4.67. The second-order valence-electron chi connectivity index (χ2n) is 9.35. The van der Waals surface area contributed by atoms with Crippen LogP contribution in [0.25, 0.3) is 16.6 Å². The third-order valence-corrected chi connectivity index (χ3v) is 6.67. The fourth-order valence-electron chi connectivity index (χ4n) is 4.67. The number of aryl methyl sites for hydroxylation is 2. The zero-order valence-electron chi connectivity index (χ0n) is 20.8. The number of hydrogen-bond acceptors (Lipinski definition) is 6. The minimum Gasteiger partial charge on any atom is -0.487 e. The van der Waals surface area contributed by atoms with Gasteiger partial charge in [0.1, 0.15) is 18.1 Å². The van der Waals surface area contributed by atoms with E-state index in [1.165, 1.54) is 29.7 Å². The van der Waals surface area contributed by atoms with Crippen LogP contribution in [0, 0.1) is 6.92 Å². The molecule has 0 bridgehead atoms. The van der Waals surface area contributed by atoms with Crippen molar-refractivity contribution in [2.75, 3.05) is 5.43 Å². The summed E-state index contributed by atoms with van der Waals surface area (Å²) in [5.41, 5.74) is 11.8. The summed E-state index contributed by atoms with van der Waals surface area (Å²) in [7, 11) is 0. The first-order valence-corrected chi connectivity index (χ1v) is 12.6. The number of benzene rings is 3. The van der Waals surface area contributed by atoms with Crippen LogP contribution in [0.3, 0.4) is 0 Å². The van der Waals surface area contributed by atoms with E-state index in [4.69, 9.17) is 9.72 Å². The number of anilines is 1. The smallest absolute Gasteiger partial charge is 0.134 e. The first kappa shape index (κ1) is 22.9. The Labute approximate surface area is 215 Å². The van der Waals surface area contributed by atoms with Gasteiger partial charge in [0, 0.05) is 11.1 Å². The Kier molecular flexibility index (Phi) is 6.33. The van der Waals surface area contributed by atoms with Crippen molar-refractivity contribution < 1.29 is 4.74 Å². The van der Waals surface area contributed by atoms with Crippen molar-refractivity contribution in [1.82, 2.24) is 20.0 Å². The monoisotopic (exact) mass is 488 g/mol. The molecule has 0 aliphatic heterocycles. The van der Waals surface area contributed by atoms with E-state index in [-0.39, 0.29) is 0 Å². The van der Waals surface area contributed by atoms with Gasteiger partial charge in [-0.1, -0.05) is 41.1 Å². The third kappa shape index (κ3) is 5.07. The number of ether oxygens (including phenoxy) is 1. The van der Waals surface area contributed by atoms with Crippen molar-refractivity contribution in [3.05, 3.63) is 107 Å². The minimum atomic E-state index is 0.348. The summed E-state index contributed by atoms with van der Waals surface area (Å²) in [6, 6.07) is 24.3. The number of fused-ring (bicyclic) bond motifs is 2. The Bertz CT molecular complexity index is 1550. The van der Waals surface area contributed by atoms with Gasteiger partial charge in [0.25, 0.3) is 0 Å². The summed E-state index contributed by atoms with van der Waals surface area (Å²) in [6.45, 7) is 2.41. The normalized spacial score (nSPS) is 13.1. The lowest BCUT2D eigenvalue weighted by Crippen LogP contribution is -2.09. The molecule has 0 radical (unpaired) electrons. The van der Waals surface area contributed by atoms with Gasteiger partial charge in [0.05, 0.1) is 29.3 Å². The van der Waals surface area contributed by atoms with Gasteiger partial charge in [-0.05, 0) is 86.2 Å². The molecule has 0 atom stereocenters. The quantitative estimate of drug-likeness (QED) is 0.224. The number of rotatable bonds is 7. The Morgan fingerprint density at radius 2 is 1.78 bits per heavy atom. The zero-order valence-corrected chi connectivity index (χ0v) is 20.8. The molecule has 1 aliphatic rings. The highest BCUT2D eigenvalue weighted by Crippen LogP contribution is 2.33. The highest BCUT2D eigenvalue weighted by atomic mass is 16.5. The van der Waals surface area contributed by atoms with Crippen LogP contribution < -0.4 is 10.2 Å². The summed E-state index contributed by atoms with van der Waals surface area (Å²) in [4.78, 5) is 4.90. The summed E-state index contributed by atoms with van der Waals surface area (Å²) in [5.74, 6) is 0.768. The Morgan fingerprint density at radius 1 is 0.973 bits per heavy atom. The van der Waals surface area contributed by atoms with Gasteiger partial charge in [0.15, 0.2) is 0 Å². The van der Waals surface area contributed by atoms with Crippen LogP contribution in [0.1, 0.15) is 40.9 Å². The molecule has 1 N–H and O–H groups in total. The van der Waals surface area contributed by atoms with Crippen molar-refractivity contribution >= 4 is 22.8 Å². The molecule has 37 heavy (non-hydrogen) atoms. The van der Waals surface area contributed by atoms with E-state index >= 15 is 0 Å². The van der Waals surface area contributed by atoms with Crippen molar-refractivity contribution in [3.8, 4) is 11.4 Å². The molecule has 3 aromatic carbocycles. The van der Waals surface area contributed by atoms with Gasteiger partial charge in [-0.3, -0.25) is 10.4 Å². The Hall–Kier alpha value is -4.52. The van der Waals surface area contributed by atoms with E-state index in [0.29, 0.717) is 6.61 Å². The molecule has 0 saturated carbocycles. The summed E-state index contributed by atoms with van der Waals surface area (Å²) >= 11 is 0. The molecule has 2 aromatic heterocycles. The van der Waals surface area contributed by atoms with Gasteiger partial charge in [-0.2, -0.15) is 5.10 Å². The summed E-state index contributed by atoms with van der Waals surface area (Å²) in [6.07, 6.45) is 8.17. The Balaban J connectivity index is 1.10. The van der Waals surface area contributed by atoms with Crippen molar-refractivity contribution in [2.45, 2.75) is 39.2 Å². The molecule has 0 fully saturated rings. The standard InChI is InChI=1S/C30H28N6O/c1-21-10-14-24(15-11-21)36-19-23(33-35-36)20-37-25-16-12-22(13-17-25)18-31-34-30-26-6-2-4-8-28(26)32-29-9-5-3-7-27(29)30/h2,4,6,8,10-19H,3,5,7,9,20H2,1H3,(H,32,34)/b31-18+. The van der Waals surface area contributed by atoms with E-state index in [9.17, 15) is 0 Å². The second kappa shape index (κ2) is 10.2. The van der Waals surface area contributed by atoms with Crippen molar-refractivity contribution in [1.29, 1.82) is 0 Å². The highest BCUT2D eigenvalue weighted by molar-refractivity contribution is 5.94. The van der Waals surface area contributed by atoms with Gasteiger partial charge in [-0.25, -0.2) is 4.68 Å². The molecule has 0 saturated heterocycles. The molecule has 184 valence electrons. The lowest BCUT2D eigenvalue weighted by Gasteiger charge is -2.20. The maximum atomic E-state index is 5.92. The topological polar surface area (TPSA) is 77.2 Å². The largest absolute Gasteiger partial charge is 0.487 e. The molecule has 2 heterocycles. The van der Waals surface area contributed by atoms with Gasteiger partial charge in [-0.15, -0.1) is 5.10 Å². The molecule has 7 heteroatoms. The van der Waals surface area contributed by atoms with E-state index < -0.39 is 0 Å². The predicted molar refractivity (Wildman–Crippen MR) is 146 cm³/mol. The van der Waals surface area contributed by atoms with E-state index in [0.717, 1.165) is 52.1 Å². The lowest BCUT2D eigenvalue weighted by atomic mass is 9.93. The van der Waals surface area contributed by atoms with Crippen LogP contribution in [-0.2, 0) is 19.4 Å². The van der Waals surface area contributed by atoms with Crippen LogP contribution >= 0.6 is 0 Å². The lowest BCUT2D eigenvalue weighted by molar-refractivity contribution is 0.301. The highest BCUT2D eigenvalue weighted by Gasteiger charge is 2.17. The molecule has 0 unspecified atom stereocenters. The fraction of sp³-hybridized carbons (Fsp3) is 0.200. The maximum absolute atomic E-state index is 5.92. The third-order valence-electron chi connectivity index (χ3n) is 6.67. The van der Waals surface area contributed by atoms with E-state index in [1.807, 2.05) is 54.9 Å². The van der Waals surface area contributed by atoms with Gasteiger partial charge < -0.3 is 4.74 Å².